The third-order valence-corrected chi connectivity index (χ3v) is 7.21. The van der Waals surface area contributed by atoms with Crippen LogP contribution in [0.1, 0.15) is 44.1 Å². The van der Waals surface area contributed by atoms with Gasteiger partial charge in [0.15, 0.2) is 16.4 Å². The summed E-state index contributed by atoms with van der Waals surface area (Å²) in [5, 5.41) is 0. The molecule has 0 aromatic heterocycles. The van der Waals surface area contributed by atoms with Gasteiger partial charge < -0.3 is 9.64 Å². The summed E-state index contributed by atoms with van der Waals surface area (Å²) in [5.74, 6) is -1.41. The van der Waals surface area contributed by atoms with Crippen molar-refractivity contribution in [2.75, 3.05) is 18.1 Å². The van der Waals surface area contributed by atoms with Crippen LogP contribution in [-0.4, -0.2) is 55.4 Å². The van der Waals surface area contributed by atoms with Crippen LogP contribution in [0.2, 0.25) is 0 Å². The average molecular weight is 424 g/mol. The first kappa shape index (κ1) is 21.5. The fraction of sp³-hybridized carbons (Fsp3) is 0.524. The van der Waals surface area contributed by atoms with E-state index in [4.69, 9.17) is 4.74 Å². The number of carbonyl (C=O) groups is 2. The minimum Gasteiger partial charge on any atom is -0.452 e. The van der Waals surface area contributed by atoms with Crippen molar-refractivity contribution in [3.63, 3.8) is 0 Å². The quantitative estimate of drug-likeness (QED) is 0.519. The minimum atomic E-state index is -3.13. The molecule has 0 bridgehead atoms. The molecule has 0 unspecified atom stereocenters. The highest BCUT2D eigenvalue weighted by Gasteiger charge is 2.38. The number of amides is 1. The molecular formula is C21H26FNO5S. The smallest absolute Gasteiger partial charge is 0.331 e. The van der Waals surface area contributed by atoms with Crippen LogP contribution in [0.25, 0.3) is 6.08 Å². The normalized spacial score (nSPS) is 21.9. The van der Waals surface area contributed by atoms with Crippen LogP contribution in [-0.2, 0) is 24.2 Å². The maximum absolute atomic E-state index is 13.2. The van der Waals surface area contributed by atoms with Gasteiger partial charge in [-0.3, -0.25) is 4.79 Å². The summed E-state index contributed by atoms with van der Waals surface area (Å²) in [7, 11) is -3.13. The Morgan fingerprint density at radius 2 is 1.90 bits per heavy atom. The van der Waals surface area contributed by atoms with E-state index in [1.54, 1.807) is 11.0 Å². The SMILES string of the molecule is O=C(/C=C/c1cccc(F)c1)OCC(=O)N(C1CCCCC1)[C@H]1CCS(=O)(=O)C1. The van der Waals surface area contributed by atoms with Gasteiger partial charge in [-0.1, -0.05) is 31.4 Å². The molecule has 1 aliphatic heterocycles. The molecule has 2 aliphatic rings. The number of benzene rings is 1. The first-order chi connectivity index (χ1) is 13.8. The van der Waals surface area contributed by atoms with Crippen molar-refractivity contribution >= 4 is 27.8 Å². The van der Waals surface area contributed by atoms with Crippen molar-refractivity contribution in [1.82, 2.24) is 4.90 Å². The summed E-state index contributed by atoms with van der Waals surface area (Å²) in [4.78, 5) is 26.5. The molecule has 0 N–H and O–H groups in total. The van der Waals surface area contributed by atoms with E-state index in [1.165, 1.54) is 24.3 Å². The molecule has 29 heavy (non-hydrogen) atoms. The Bertz CT molecular complexity index is 877. The van der Waals surface area contributed by atoms with Crippen molar-refractivity contribution in [3.8, 4) is 0 Å². The molecule has 0 spiro atoms. The van der Waals surface area contributed by atoms with Crippen molar-refractivity contribution in [2.24, 2.45) is 0 Å². The van der Waals surface area contributed by atoms with Crippen LogP contribution < -0.4 is 0 Å². The zero-order valence-corrected chi connectivity index (χ0v) is 17.1. The van der Waals surface area contributed by atoms with E-state index in [1.807, 2.05) is 0 Å². The maximum Gasteiger partial charge on any atom is 0.331 e. The van der Waals surface area contributed by atoms with Crippen LogP contribution >= 0.6 is 0 Å². The van der Waals surface area contributed by atoms with E-state index < -0.39 is 28.2 Å². The number of ether oxygens (including phenoxy) is 1. The second-order valence-electron chi connectivity index (χ2n) is 7.65. The second-order valence-corrected chi connectivity index (χ2v) is 9.87. The molecule has 1 amide bonds. The van der Waals surface area contributed by atoms with Crippen molar-refractivity contribution in [2.45, 2.75) is 50.6 Å². The highest BCUT2D eigenvalue weighted by molar-refractivity contribution is 7.91. The Morgan fingerprint density at radius 3 is 2.55 bits per heavy atom. The fourth-order valence-corrected chi connectivity index (χ4v) is 5.80. The molecule has 1 aromatic carbocycles. The molecule has 1 aliphatic carbocycles. The largest absolute Gasteiger partial charge is 0.452 e. The van der Waals surface area contributed by atoms with Crippen LogP contribution in [0, 0.1) is 5.82 Å². The van der Waals surface area contributed by atoms with E-state index in [2.05, 4.69) is 0 Å². The molecular weight excluding hydrogens is 397 g/mol. The predicted molar refractivity (Wildman–Crippen MR) is 107 cm³/mol. The highest BCUT2D eigenvalue weighted by Crippen LogP contribution is 2.28. The molecule has 1 heterocycles. The van der Waals surface area contributed by atoms with E-state index >= 15 is 0 Å². The third-order valence-electron chi connectivity index (χ3n) is 5.46. The second kappa shape index (κ2) is 9.52. The predicted octanol–water partition coefficient (Wildman–Crippen LogP) is 2.73. The third kappa shape index (κ3) is 6.13. The Hall–Kier alpha value is -2.22. The van der Waals surface area contributed by atoms with Gasteiger partial charge in [-0.2, -0.15) is 0 Å². The van der Waals surface area contributed by atoms with Gasteiger partial charge in [0, 0.05) is 18.2 Å². The van der Waals surface area contributed by atoms with Crippen molar-refractivity contribution in [3.05, 3.63) is 41.7 Å². The zero-order chi connectivity index (χ0) is 20.9. The summed E-state index contributed by atoms with van der Waals surface area (Å²) in [6.07, 6.45) is 7.80. The van der Waals surface area contributed by atoms with E-state index in [0.717, 1.165) is 38.2 Å². The standard InChI is InChI=1S/C21H26FNO5S/c22-17-6-4-5-16(13-17)9-10-21(25)28-14-20(24)23(18-7-2-1-3-8-18)19-11-12-29(26,27)15-19/h4-6,9-10,13,18-19H,1-3,7-8,11-12,14-15H2/b10-9+/t19-/m0/s1. The first-order valence-electron chi connectivity index (χ1n) is 9.96. The molecule has 1 aromatic rings. The van der Waals surface area contributed by atoms with E-state index in [-0.39, 0.29) is 29.5 Å². The molecule has 158 valence electrons. The number of hydrogen-bond donors (Lipinski definition) is 0. The number of esters is 1. The van der Waals surface area contributed by atoms with Crippen LogP contribution in [0.15, 0.2) is 30.3 Å². The lowest BCUT2D eigenvalue weighted by Crippen LogP contribution is -2.50. The van der Waals surface area contributed by atoms with Gasteiger partial charge in [0.1, 0.15) is 5.82 Å². The Balaban J connectivity index is 1.61. The Labute approximate surface area is 170 Å². The van der Waals surface area contributed by atoms with Gasteiger partial charge in [-0.15, -0.1) is 0 Å². The molecule has 8 heteroatoms. The Kier molecular flexibility index (Phi) is 7.05. The Morgan fingerprint density at radius 1 is 1.14 bits per heavy atom. The first-order valence-corrected chi connectivity index (χ1v) is 11.8. The molecule has 1 atom stereocenters. The van der Waals surface area contributed by atoms with Crippen LogP contribution in [0.4, 0.5) is 4.39 Å². The maximum atomic E-state index is 13.2. The average Bonchev–Trinajstić information content (AvgIpc) is 3.05. The number of sulfone groups is 1. The van der Waals surface area contributed by atoms with Gasteiger partial charge in [0.05, 0.1) is 11.5 Å². The molecule has 6 nitrogen and oxygen atoms in total. The van der Waals surface area contributed by atoms with Gasteiger partial charge in [-0.05, 0) is 43.0 Å². The summed E-state index contributed by atoms with van der Waals surface area (Å²) >= 11 is 0. The number of halogens is 1. The fourth-order valence-electron chi connectivity index (χ4n) is 4.09. The zero-order valence-electron chi connectivity index (χ0n) is 16.3. The monoisotopic (exact) mass is 423 g/mol. The minimum absolute atomic E-state index is 0.00362. The van der Waals surface area contributed by atoms with Crippen molar-refractivity contribution < 1.29 is 27.1 Å². The van der Waals surface area contributed by atoms with Crippen LogP contribution in [0.3, 0.4) is 0 Å². The molecule has 2 fully saturated rings. The van der Waals surface area contributed by atoms with Crippen LogP contribution in [0.5, 0.6) is 0 Å². The van der Waals surface area contributed by atoms with E-state index in [0.29, 0.717) is 12.0 Å². The summed E-state index contributed by atoms with van der Waals surface area (Å²) in [5.41, 5.74) is 0.508. The number of hydrogen-bond acceptors (Lipinski definition) is 5. The van der Waals surface area contributed by atoms with Gasteiger partial charge in [-0.25, -0.2) is 17.6 Å². The van der Waals surface area contributed by atoms with Crippen molar-refractivity contribution in [1.29, 1.82) is 0 Å². The topological polar surface area (TPSA) is 80.8 Å². The highest BCUT2D eigenvalue weighted by atomic mass is 32.2. The van der Waals surface area contributed by atoms with E-state index in [9.17, 15) is 22.4 Å². The lowest BCUT2D eigenvalue weighted by molar-refractivity contribution is -0.151. The summed E-state index contributed by atoms with van der Waals surface area (Å²) < 4.78 is 42.1. The number of carbonyl (C=O) groups excluding carboxylic acids is 2. The lowest BCUT2D eigenvalue weighted by atomic mass is 9.93. The van der Waals surface area contributed by atoms with Gasteiger partial charge >= 0.3 is 5.97 Å². The lowest BCUT2D eigenvalue weighted by Gasteiger charge is -2.38. The summed E-state index contributed by atoms with van der Waals surface area (Å²) in [6.45, 7) is -0.431. The molecule has 0 radical (unpaired) electrons. The molecule has 1 saturated carbocycles. The van der Waals surface area contributed by atoms with Gasteiger partial charge in [0.25, 0.3) is 5.91 Å². The number of rotatable bonds is 6. The summed E-state index contributed by atoms with van der Waals surface area (Å²) in [6, 6.07) is 5.40. The molecule has 3 rings (SSSR count). The number of nitrogens with zero attached hydrogens (tertiary/aromatic N) is 1. The van der Waals surface area contributed by atoms with Gasteiger partial charge in [0.2, 0.25) is 0 Å². The molecule has 1 saturated heterocycles.